The first-order valence-electron chi connectivity index (χ1n) is 6.14. The van der Waals surface area contributed by atoms with Gasteiger partial charge in [0.1, 0.15) is 5.54 Å². The Hall–Kier alpha value is -1.01. The number of hydrogen-bond donors (Lipinski definition) is 1. The minimum absolute atomic E-state index is 0.265. The van der Waals surface area contributed by atoms with Gasteiger partial charge in [-0.2, -0.15) is 5.10 Å². The van der Waals surface area contributed by atoms with Crippen molar-refractivity contribution in [2.45, 2.75) is 30.2 Å². The van der Waals surface area contributed by atoms with Crippen LogP contribution < -0.4 is 5.73 Å². The van der Waals surface area contributed by atoms with Crippen molar-refractivity contribution in [2.75, 3.05) is 12.4 Å². The molecule has 0 saturated heterocycles. The minimum Gasteiger partial charge on any atom is -0.465 e. The number of nitrogens with two attached hydrogens (primary N) is 1. The van der Waals surface area contributed by atoms with Gasteiger partial charge in [-0.15, -0.1) is 11.8 Å². The van der Waals surface area contributed by atoms with Gasteiger partial charge in [-0.25, -0.2) is 0 Å². The van der Waals surface area contributed by atoms with Crippen LogP contribution in [-0.4, -0.2) is 33.6 Å². The lowest BCUT2D eigenvalue weighted by Crippen LogP contribution is -2.53. The first-order chi connectivity index (χ1) is 8.56. The lowest BCUT2D eigenvalue weighted by Gasteiger charge is -2.26. The maximum Gasteiger partial charge on any atom is 0.327 e. The Labute approximate surface area is 111 Å². The molecule has 1 aromatic rings. The first-order valence-corrected chi connectivity index (χ1v) is 7.12. The predicted molar refractivity (Wildman–Crippen MR) is 70.2 cm³/mol. The summed E-state index contributed by atoms with van der Waals surface area (Å²) in [7, 11) is 1.87. The minimum atomic E-state index is -0.851. The van der Waals surface area contributed by atoms with Gasteiger partial charge in [0.2, 0.25) is 0 Å². The molecular formula is C12H19N3O2S. The summed E-state index contributed by atoms with van der Waals surface area (Å²) in [6.45, 7) is 2.18. The molecule has 1 aromatic heterocycles. The molecule has 0 aromatic carbocycles. The van der Waals surface area contributed by atoms with Crippen molar-refractivity contribution in [2.24, 2.45) is 18.7 Å². The highest BCUT2D eigenvalue weighted by Gasteiger charge is 2.49. The van der Waals surface area contributed by atoms with Crippen LogP contribution in [0.25, 0.3) is 0 Å². The molecule has 0 amide bonds. The number of carbonyl (C=O) groups is 1. The topological polar surface area (TPSA) is 70.1 Å². The Balaban J connectivity index is 1.99. The number of aryl methyl sites for hydroxylation is 1. The van der Waals surface area contributed by atoms with E-state index in [0.29, 0.717) is 12.4 Å². The van der Waals surface area contributed by atoms with Crippen molar-refractivity contribution in [1.29, 1.82) is 0 Å². The van der Waals surface area contributed by atoms with Crippen LogP contribution in [-0.2, 0) is 16.6 Å². The van der Waals surface area contributed by atoms with Crippen LogP contribution in [0.1, 0.15) is 19.8 Å². The molecule has 1 aliphatic carbocycles. The second-order valence-electron chi connectivity index (χ2n) is 4.67. The smallest absolute Gasteiger partial charge is 0.327 e. The lowest BCUT2D eigenvalue weighted by atomic mass is 9.97. The van der Waals surface area contributed by atoms with E-state index < -0.39 is 5.54 Å². The fourth-order valence-electron chi connectivity index (χ4n) is 1.88. The fourth-order valence-corrected chi connectivity index (χ4v) is 2.99. The zero-order valence-corrected chi connectivity index (χ0v) is 11.6. The van der Waals surface area contributed by atoms with Gasteiger partial charge in [-0.05, 0) is 25.7 Å². The molecule has 1 unspecified atom stereocenters. The van der Waals surface area contributed by atoms with Crippen LogP contribution in [0.2, 0.25) is 0 Å². The number of aromatic nitrogens is 2. The molecule has 1 heterocycles. The summed E-state index contributed by atoms with van der Waals surface area (Å²) >= 11 is 1.56. The zero-order valence-electron chi connectivity index (χ0n) is 10.8. The largest absolute Gasteiger partial charge is 0.465 e. The van der Waals surface area contributed by atoms with Crippen molar-refractivity contribution in [3.63, 3.8) is 0 Å². The highest BCUT2D eigenvalue weighted by Crippen LogP contribution is 2.41. The molecular weight excluding hydrogens is 250 g/mol. The molecule has 100 valence electrons. The van der Waals surface area contributed by atoms with Crippen LogP contribution in [0.5, 0.6) is 0 Å². The maximum atomic E-state index is 12.0. The van der Waals surface area contributed by atoms with E-state index in [0.717, 1.165) is 17.7 Å². The standard InChI is InChI=1S/C12H19N3O2S/c1-3-17-11(16)12(13,9-4-5-9)8-18-10-6-14-15(2)7-10/h6-7,9H,3-5,8,13H2,1-2H3. The van der Waals surface area contributed by atoms with Crippen LogP contribution >= 0.6 is 11.8 Å². The third kappa shape index (κ3) is 2.87. The molecule has 0 radical (unpaired) electrons. The monoisotopic (exact) mass is 269 g/mol. The third-order valence-electron chi connectivity index (χ3n) is 3.12. The fraction of sp³-hybridized carbons (Fsp3) is 0.667. The van der Waals surface area contributed by atoms with Gasteiger partial charge in [0.25, 0.3) is 0 Å². The number of esters is 1. The Kier molecular flexibility index (Phi) is 3.97. The average molecular weight is 269 g/mol. The number of hydrogen-bond acceptors (Lipinski definition) is 5. The normalized spacial score (nSPS) is 18.4. The predicted octanol–water partition coefficient (Wildman–Crippen LogP) is 1.18. The van der Waals surface area contributed by atoms with Crippen LogP contribution in [0.4, 0.5) is 0 Å². The summed E-state index contributed by atoms with van der Waals surface area (Å²) in [4.78, 5) is 13.0. The van der Waals surface area contributed by atoms with E-state index in [9.17, 15) is 4.79 Å². The highest BCUT2D eigenvalue weighted by molar-refractivity contribution is 7.99. The average Bonchev–Trinajstić information content (AvgIpc) is 3.11. The molecule has 18 heavy (non-hydrogen) atoms. The summed E-state index contributed by atoms with van der Waals surface area (Å²) in [6.07, 6.45) is 5.73. The van der Waals surface area contributed by atoms with Crippen molar-refractivity contribution >= 4 is 17.7 Å². The molecule has 2 N–H and O–H groups in total. The van der Waals surface area contributed by atoms with Gasteiger partial charge >= 0.3 is 5.97 Å². The van der Waals surface area contributed by atoms with Crippen molar-refractivity contribution in [3.8, 4) is 0 Å². The number of nitrogens with zero attached hydrogens (tertiary/aromatic N) is 2. The van der Waals surface area contributed by atoms with E-state index >= 15 is 0 Å². The summed E-state index contributed by atoms with van der Waals surface area (Å²) in [5.74, 6) is 0.534. The molecule has 2 rings (SSSR count). The van der Waals surface area contributed by atoms with Gasteiger partial charge < -0.3 is 10.5 Å². The lowest BCUT2D eigenvalue weighted by molar-refractivity contribution is -0.149. The Morgan fingerprint density at radius 3 is 2.94 bits per heavy atom. The van der Waals surface area contributed by atoms with E-state index in [1.807, 2.05) is 13.2 Å². The zero-order chi connectivity index (χ0) is 13.2. The molecule has 0 spiro atoms. The number of rotatable bonds is 6. The number of thioether (sulfide) groups is 1. The Bertz CT molecular complexity index is 431. The molecule has 1 saturated carbocycles. The summed E-state index contributed by atoms with van der Waals surface area (Å²) in [5, 5.41) is 4.10. The Morgan fingerprint density at radius 1 is 1.72 bits per heavy atom. The molecule has 1 fully saturated rings. The summed E-state index contributed by atoms with van der Waals surface area (Å²) in [5.41, 5.74) is 5.41. The summed E-state index contributed by atoms with van der Waals surface area (Å²) < 4.78 is 6.84. The highest BCUT2D eigenvalue weighted by atomic mass is 32.2. The van der Waals surface area contributed by atoms with E-state index in [1.165, 1.54) is 0 Å². The molecule has 1 aliphatic rings. The van der Waals surface area contributed by atoms with Crippen LogP contribution in [0.15, 0.2) is 17.3 Å². The van der Waals surface area contributed by atoms with E-state index in [-0.39, 0.29) is 11.9 Å². The van der Waals surface area contributed by atoms with Crippen molar-refractivity contribution in [1.82, 2.24) is 9.78 Å². The van der Waals surface area contributed by atoms with Gasteiger partial charge in [-0.1, -0.05) is 0 Å². The maximum absolute atomic E-state index is 12.0. The summed E-state index contributed by atoms with van der Waals surface area (Å²) in [6, 6.07) is 0. The van der Waals surface area contributed by atoms with Gasteiger partial charge in [0, 0.05) is 23.9 Å². The first kappa shape index (κ1) is 13.4. The second kappa shape index (κ2) is 5.32. The van der Waals surface area contributed by atoms with E-state index in [4.69, 9.17) is 10.5 Å². The van der Waals surface area contributed by atoms with Crippen LogP contribution in [0.3, 0.4) is 0 Å². The van der Waals surface area contributed by atoms with Crippen molar-refractivity contribution < 1.29 is 9.53 Å². The third-order valence-corrected chi connectivity index (χ3v) is 4.29. The van der Waals surface area contributed by atoms with E-state index in [1.54, 1.807) is 29.6 Å². The van der Waals surface area contributed by atoms with Gasteiger partial charge in [0.15, 0.2) is 0 Å². The molecule has 0 bridgehead atoms. The van der Waals surface area contributed by atoms with Gasteiger partial charge in [0.05, 0.1) is 12.8 Å². The Morgan fingerprint density at radius 2 is 2.44 bits per heavy atom. The van der Waals surface area contributed by atoms with E-state index in [2.05, 4.69) is 5.10 Å². The quantitative estimate of drug-likeness (QED) is 0.620. The SMILES string of the molecule is CCOC(=O)C(N)(CSc1cnn(C)c1)C1CC1. The molecule has 6 heteroatoms. The number of carbonyl (C=O) groups excluding carboxylic acids is 1. The molecule has 1 atom stereocenters. The van der Waals surface area contributed by atoms with Crippen LogP contribution in [0, 0.1) is 5.92 Å². The van der Waals surface area contributed by atoms with Gasteiger partial charge in [-0.3, -0.25) is 9.48 Å². The molecule has 0 aliphatic heterocycles. The second-order valence-corrected chi connectivity index (χ2v) is 5.72. The number of ether oxygens (including phenoxy) is 1. The van der Waals surface area contributed by atoms with Crippen molar-refractivity contribution in [3.05, 3.63) is 12.4 Å². The molecule has 5 nitrogen and oxygen atoms in total.